The van der Waals surface area contributed by atoms with E-state index >= 15 is 0 Å². The molecule has 2 N–H and O–H groups in total. The maximum Gasteiger partial charge on any atom is 0.224 e. The summed E-state index contributed by atoms with van der Waals surface area (Å²) in [6.07, 6.45) is 5.78. The second-order valence-electron chi connectivity index (χ2n) is 8.95. The topological polar surface area (TPSA) is 78.6 Å². The van der Waals surface area contributed by atoms with Gasteiger partial charge in [0.2, 0.25) is 5.95 Å². The average molecular weight is 374 g/mol. The summed E-state index contributed by atoms with van der Waals surface area (Å²) in [6.45, 7) is 8.95. The van der Waals surface area contributed by atoms with Gasteiger partial charge in [-0.1, -0.05) is 0 Å². The fraction of sp³-hybridized carbons (Fsp3) is 0.409. The maximum atomic E-state index is 9.10. The number of nitrogens with zero attached hydrogens (tertiary/aromatic N) is 4. The summed E-state index contributed by atoms with van der Waals surface area (Å²) >= 11 is 0. The molecule has 0 bridgehead atoms. The van der Waals surface area contributed by atoms with Gasteiger partial charge in [-0.05, 0) is 70.9 Å². The molecule has 0 aliphatic carbocycles. The molecule has 6 heteroatoms. The first-order valence-corrected chi connectivity index (χ1v) is 9.65. The van der Waals surface area contributed by atoms with E-state index in [1.165, 1.54) is 0 Å². The lowest BCUT2D eigenvalue weighted by molar-refractivity contribution is 0.170. The summed E-state index contributed by atoms with van der Waals surface area (Å²) in [5.41, 5.74) is 1.80. The van der Waals surface area contributed by atoms with Gasteiger partial charge in [-0.15, -0.1) is 0 Å². The molecule has 1 fully saturated rings. The summed E-state index contributed by atoms with van der Waals surface area (Å²) < 4.78 is 2.03. The van der Waals surface area contributed by atoms with E-state index in [1.54, 1.807) is 6.20 Å². The van der Waals surface area contributed by atoms with Crippen LogP contribution in [0.15, 0.2) is 42.7 Å². The molecular weight excluding hydrogens is 348 g/mol. The molecule has 0 spiro atoms. The van der Waals surface area contributed by atoms with Crippen LogP contribution in [0.2, 0.25) is 0 Å². The number of anilines is 1. The molecule has 4 rings (SSSR count). The quantitative estimate of drug-likeness (QED) is 0.724. The largest absolute Gasteiger partial charge is 0.351 e. The highest BCUT2D eigenvalue weighted by molar-refractivity contribution is 5.83. The third-order valence-electron chi connectivity index (χ3n) is 5.23. The average Bonchev–Trinajstić information content (AvgIpc) is 3.02. The van der Waals surface area contributed by atoms with Crippen LogP contribution in [0.4, 0.5) is 5.95 Å². The van der Waals surface area contributed by atoms with E-state index in [1.807, 2.05) is 41.1 Å². The van der Waals surface area contributed by atoms with Gasteiger partial charge >= 0.3 is 0 Å². The Morgan fingerprint density at radius 3 is 2.61 bits per heavy atom. The number of nitrogens with one attached hydrogen (secondary N) is 2. The standard InChI is InChI=1S/C22H26N6/c1-21(2)12-17(13-22(3,4)27-21)25-20-24-9-7-19(26-20)28-10-8-16-11-15(14-23)5-6-18(16)28/h5-11,17,27H,12-13H2,1-4H3,(H,24,25,26). The van der Waals surface area contributed by atoms with Crippen molar-refractivity contribution in [3.05, 3.63) is 48.3 Å². The number of nitriles is 1. The van der Waals surface area contributed by atoms with E-state index in [0.717, 1.165) is 29.6 Å². The zero-order valence-electron chi connectivity index (χ0n) is 16.8. The van der Waals surface area contributed by atoms with Crippen molar-refractivity contribution in [2.45, 2.75) is 57.7 Å². The van der Waals surface area contributed by atoms with Crippen LogP contribution in [0.3, 0.4) is 0 Å². The zero-order chi connectivity index (χ0) is 19.9. The molecule has 6 nitrogen and oxygen atoms in total. The Bertz CT molecular complexity index is 1040. The van der Waals surface area contributed by atoms with Gasteiger partial charge in [0, 0.05) is 34.9 Å². The smallest absolute Gasteiger partial charge is 0.224 e. The van der Waals surface area contributed by atoms with Crippen LogP contribution in [-0.2, 0) is 0 Å². The Labute approximate surface area is 165 Å². The minimum Gasteiger partial charge on any atom is -0.351 e. The van der Waals surface area contributed by atoms with Crippen LogP contribution >= 0.6 is 0 Å². The van der Waals surface area contributed by atoms with Crippen molar-refractivity contribution in [1.82, 2.24) is 19.9 Å². The lowest BCUT2D eigenvalue weighted by atomic mass is 9.80. The lowest BCUT2D eigenvalue weighted by Crippen LogP contribution is -2.60. The summed E-state index contributed by atoms with van der Waals surface area (Å²) in [4.78, 5) is 9.20. The molecule has 0 atom stereocenters. The number of piperidine rings is 1. The molecule has 0 unspecified atom stereocenters. The lowest BCUT2D eigenvalue weighted by Gasteiger charge is -2.46. The third kappa shape index (κ3) is 3.71. The third-order valence-corrected chi connectivity index (χ3v) is 5.23. The van der Waals surface area contributed by atoms with Crippen LogP contribution < -0.4 is 10.6 Å². The molecule has 1 saturated heterocycles. The normalized spacial score (nSPS) is 18.7. The summed E-state index contributed by atoms with van der Waals surface area (Å²) in [5.74, 6) is 1.45. The first kappa shape index (κ1) is 18.5. The van der Waals surface area contributed by atoms with Crippen molar-refractivity contribution in [2.75, 3.05) is 5.32 Å². The molecule has 2 aromatic heterocycles. The highest BCUT2D eigenvalue weighted by atomic mass is 15.2. The fourth-order valence-corrected chi connectivity index (χ4v) is 4.57. The minimum atomic E-state index is 0.0616. The predicted octanol–water partition coefficient (Wildman–Crippen LogP) is 4.01. The second kappa shape index (κ2) is 6.61. The number of fused-ring (bicyclic) bond motifs is 1. The molecule has 1 aliphatic rings. The van der Waals surface area contributed by atoms with Gasteiger partial charge in [0.15, 0.2) is 0 Å². The van der Waals surface area contributed by atoms with Crippen LogP contribution in [0.25, 0.3) is 16.7 Å². The van der Waals surface area contributed by atoms with E-state index in [9.17, 15) is 0 Å². The van der Waals surface area contributed by atoms with Gasteiger partial charge in [-0.25, -0.2) is 4.98 Å². The van der Waals surface area contributed by atoms with Crippen molar-refractivity contribution in [3.63, 3.8) is 0 Å². The van der Waals surface area contributed by atoms with Gasteiger partial charge in [0.1, 0.15) is 5.82 Å². The van der Waals surface area contributed by atoms with Crippen LogP contribution in [-0.4, -0.2) is 31.7 Å². The number of benzene rings is 1. The fourth-order valence-electron chi connectivity index (χ4n) is 4.57. The number of aromatic nitrogens is 3. The number of rotatable bonds is 3. The van der Waals surface area contributed by atoms with E-state index in [2.05, 4.69) is 49.4 Å². The molecule has 0 amide bonds. The zero-order valence-corrected chi connectivity index (χ0v) is 16.8. The van der Waals surface area contributed by atoms with E-state index in [4.69, 9.17) is 10.2 Å². The van der Waals surface area contributed by atoms with Gasteiger partial charge in [-0.2, -0.15) is 10.2 Å². The SMILES string of the molecule is CC1(C)CC(Nc2nccc(-n3ccc4cc(C#N)ccc43)n2)CC(C)(C)N1. The van der Waals surface area contributed by atoms with E-state index < -0.39 is 0 Å². The first-order chi connectivity index (χ1) is 13.2. The van der Waals surface area contributed by atoms with Crippen molar-refractivity contribution in [1.29, 1.82) is 5.26 Å². The molecule has 28 heavy (non-hydrogen) atoms. The minimum absolute atomic E-state index is 0.0616. The molecule has 0 radical (unpaired) electrons. The van der Waals surface area contributed by atoms with E-state index in [0.29, 0.717) is 17.6 Å². The predicted molar refractivity (Wildman–Crippen MR) is 112 cm³/mol. The summed E-state index contributed by atoms with van der Waals surface area (Å²) in [5, 5.41) is 17.4. The van der Waals surface area contributed by atoms with Gasteiger partial charge in [0.05, 0.1) is 17.1 Å². The molecule has 3 heterocycles. The van der Waals surface area contributed by atoms with Crippen molar-refractivity contribution >= 4 is 16.9 Å². The van der Waals surface area contributed by atoms with Crippen molar-refractivity contribution in [3.8, 4) is 11.9 Å². The van der Waals surface area contributed by atoms with Crippen molar-refractivity contribution in [2.24, 2.45) is 0 Å². The molecule has 3 aromatic rings. The van der Waals surface area contributed by atoms with Crippen LogP contribution in [0.1, 0.15) is 46.1 Å². The molecule has 1 aromatic carbocycles. The van der Waals surface area contributed by atoms with Gasteiger partial charge < -0.3 is 15.2 Å². The molecule has 1 aliphatic heterocycles. The van der Waals surface area contributed by atoms with Crippen LogP contribution in [0.5, 0.6) is 0 Å². The summed E-state index contributed by atoms with van der Waals surface area (Å²) in [6, 6.07) is 12.1. The Kier molecular flexibility index (Phi) is 4.35. The monoisotopic (exact) mass is 374 g/mol. The highest BCUT2D eigenvalue weighted by Gasteiger charge is 2.37. The van der Waals surface area contributed by atoms with E-state index in [-0.39, 0.29) is 11.1 Å². The Morgan fingerprint density at radius 1 is 1.14 bits per heavy atom. The Hall–Kier alpha value is -2.91. The van der Waals surface area contributed by atoms with Crippen LogP contribution in [0, 0.1) is 11.3 Å². The first-order valence-electron chi connectivity index (χ1n) is 9.65. The number of hydrogen-bond donors (Lipinski definition) is 2. The molecular formula is C22H26N6. The maximum absolute atomic E-state index is 9.10. The Balaban J connectivity index is 1.61. The second-order valence-corrected chi connectivity index (χ2v) is 8.95. The Morgan fingerprint density at radius 2 is 1.89 bits per heavy atom. The highest BCUT2D eigenvalue weighted by Crippen LogP contribution is 2.30. The summed E-state index contributed by atoms with van der Waals surface area (Å²) in [7, 11) is 0. The number of hydrogen-bond acceptors (Lipinski definition) is 5. The van der Waals surface area contributed by atoms with Crippen molar-refractivity contribution < 1.29 is 0 Å². The molecule has 144 valence electrons. The van der Waals surface area contributed by atoms with Gasteiger partial charge in [-0.3, -0.25) is 0 Å². The molecule has 0 saturated carbocycles. The van der Waals surface area contributed by atoms with Gasteiger partial charge in [0.25, 0.3) is 0 Å².